The molecule has 1 unspecified atom stereocenters. The molecule has 29 heavy (non-hydrogen) atoms. The van der Waals surface area contributed by atoms with Crippen molar-refractivity contribution in [2.45, 2.75) is 37.6 Å². The third kappa shape index (κ3) is 5.16. The minimum atomic E-state index is -0.262. The lowest BCUT2D eigenvalue weighted by Gasteiger charge is -2.15. The molecule has 2 heterocycles. The number of benzene rings is 2. The summed E-state index contributed by atoms with van der Waals surface area (Å²) in [5.41, 5.74) is 2.06. The Labute approximate surface area is 174 Å². The van der Waals surface area contributed by atoms with Crippen molar-refractivity contribution in [1.29, 1.82) is 0 Å². The molecule has 5 nitrogen and oxygen atoms in total. The number of aryl methyl sites for hydroxylation is 1. The maximum Gasteiger partial charge on any atom is 0.191 e. The summed E-state index contributed by atoms with van der Waals surface area (Å²) in [7, 11) is 0. The van der Waals surface area contributed by atoms with E-state index in [0.717, 1.165) is 47.5 Å². The molecule has 3 aromatic rings. The number of hydrogen-bond donors (Lipinski definition) is 0. The smallest absolute Gasteiger partial charge is 0.191 e. The van der Waals surface area contributed by atoms with Gasteiger partial charge in [-0.15, -0.1) is 10.2 Å². The van der Waals surface area contributed by atoms with Crippen LogP contribution in [0.25, 0.3) is 11.4 Å². The van der Waals surface area contributed by atoms with E-state index in [1.807, 2.05) is 24.3 Å². The molecule has 0 bridgehead atoms. The summed E-state index contributed by atoms with van der Waals surface area (Å²) in [6, 6.07) is 14.4. The summed E-state index contributed by atoms with van der Waals surface area (Å²) in [5.74, 6) is 2.09. The second-order valence-corrected chi connectivity index (χ2v) is 8.13. The lowest BCUT2D eigenvalue weighted by molar-refractivity contribution is 0.0953. The molecule has 1 aliphatic heterocycles. The van der Waals surface area contributed by atoms with E-state index >= 15 is 0 Å². The highest BCUT2D eigenvalue weighted by Gasteiger charge is 2.21. The quantitative estimate of drug-likeness (QED) is 0.394. The molecule has 0 spiro atoms. The van der Waals surface area contributed by atoms with Gasteiger partial charge in [0.15, 0.2) is 11.0 Å². The van der Waals surface area contributed by atoms with E-state index in [4.69, 9.17) is 9.47 Å². The second-order valence-electron chi connectivity index (χ2n) is 7.07. The Balaban J connectivity index is 1.44. The highest BCUT2D eigenvalue weighted by Crippen LogP contribution is 2.27. The maximum absolute atomic E-state index is 13.3. The van der Waals surface area contributed by atoms with Gasteiger partial charge in [-0.1, -0.05) is 29.5 Å². The van der Waals surface area contributed by atoms with Crippen molar-refractivity contribution >= 4 is 11.8 Å². The van der Waals surface area contributed by atoms with E-state index in [2.05, 4.69) is 21.7 Å². The van der Waals surface area contributed by atoms with Crippen LogP contribution < -0.4 is 4.74 Å². The molecule has 7 heteroatoms. The van der Waals surface area contributed by atoms with Crippen molar-refractivity contribution in [2.24, 2.45) is 0 Å². The third-order valence-corrected chi connectivity index (χ3v) is 5.76. The summed E-state index contributed by atoms with van der Waals surface area (Å²) >= 11 is 1.61. The zero-order chi connectivity index (χ0) is 20.1. The number of halogens is 1. The third-order valence-electron chi connectivity index (χ3n) is 4.83. The SMILES string of the molecule is Cc1ccc(OCCSc2nnc(-c3ccc(F)cc3)n2CC2CCCO2)cc1. The molecular weight excluding hydrogens is 389 g/mol. The monoisotopic (exact) mass is 413 g/mol. The number of rotatable bonds is 8. The fourth-order valence-electron chi connectivity index (χ4n) is 3.29. The molecular formula is C22H24FN3O2S. The lowest BCUT2D eigenvalue weighted by Crippen LogP contribution is -2.17. The summed E-state index contributed by atoms with van der Waals surface area (Å²) in [6.07, 6.45) is 2.26. The van der Waals surface area contributed by atoms with Gasteiger partial charge < -0.3 is 9.47 Å². The van der Waals surface area contributed by atoms with E-state index < -0.39 is 0 Å². The molecule has 1 fully saturated rings. The Morgan fingerprint density at radius 2 is 1.93 bits per heavy atom. The standard InChI is InChI=1S/C22H24FN3O2S/c1-16-4-10-19(11-5-16)28-13-14-29-22-25-24-21(17-6-8-18(23)9-7-17)26(22)15-20-3-2-12-27-20/h4-11,20H,2-3,12-15H2,1H3. The van der Waals surface area contributed by atoms with Gasteiger partial charge in [-0.3, -0.25) is 4.57 Å². The lowest BCUT2D eigenvalue weighted by atomic mass is 10.2. The number of thioether (sulfide) groups is 1. The highest BCUT2D eigenvalue weighted by molar-refractivity contribution is 7.99. The first-order valence-corrected chi connectivity index (χ1v) is 10.8. The summed E-state index contributed by atoms with van der Waals surface area (Å²) in [4.78, 5) is 0. The van der Waals surface area contributed by atoms with Crippen LogP contribution in [0.1, 0.15) is 18.4 Å². The molecule has 0 N–H and O–H groups in total. The summed E-state index contributed by atoms with van der Waals surface area (Å²) < 4.78 is 27.0. The van der Waals surface area contributed by atoms with Crippen molar-refractivity contribution in [3.05, 3.63) is 59.9 Å². The minimum absolute atomic E-state index is 0.161. The van der Waals surface area contributed by atoms with E-state index in [1.165, 1.54) is 17.7 Å². The molecule has 2 aromatic carbocycles. The molecule has 0 saturated carbocycles. The summed E-state index contributed by atoms with van der Waals surface area (Å²) in [5, 5.41) is 9.59. The van der Waals surface area contributed by atoms with Crippen LogP contribution in [0.4, 0.5) is 4.39 Å². The van der Waals surface area contributed by atoms with Gasteiger partial charge in [0.25, 0.3) is 0 Å². The van der Waals surface area contributed by atoms with Crippen LogP contribution in [0, 0.1) is 12.7 Å². The maximum atomic E-state index is 13.3. The van der Waals surface area contributed by atoms with Gasteiger partial charge in [0, 0.05) is 17.9 Å². The Morgan fingerprint density at radius 3 is 2.66 bits per heavy atom. The number of hydrogen-bond acceptors (Lipinski definition) is 5. The minimum Gasteiger partial charge on any atom is -0.493 e. The first-order chi connectivity index (χ1) is 14.2. The zero-order valence-electron chi connectivity index (χ0n) is 16.4. The van der Waals surface area contributed by atoms with Crippen LogP contribution >= 0.6 is 11.8 Å². The second kappa shape index (κ2) is 9.41. The molecule has 0 aliphatic carbocycles. The Morgan fingerprint density at radius 1 is 1.14 bits per heavy atom. The van der Waals surface area contributed by atoms with Gasteiger partial charge in [0.2, 0.25) is 0 Å². The number of nitrogens with zero attached hydrogens (tertiary/aromatic N) is 3. The van der Waals surface area contributed by atoms with Gasteiger partial charge in [0.1, 0.15) is 11.6 Å². The fourth-order valence-corrected chi connectivity index (χ4v) is 4.06. The van der Waals surface area contributed by atoms with E-state index in [-0.39, 0.29) is 11.9 Å². The predicted molar refractivity (Wildman–Crippen MR) is 112 cm³/mol. The first kappa shape index (κ1) is 19.9. The van der Waals surface area contributed by atoms with Gasteiger partial charge in [0.05, 0.1) is 19.3 Å². The molecule has 152 valence electrons. The molecule has 0 amide bonds. The van der Waals surface area contributed by atoms with Gasteiger partial charge in [-0.2, -0.15) is 0 Å². The number of aromatic nitrogens is 3. The van der Waals surface area contributed by atoms with Crippen molar-refractivity contribution in [1.82, 2.24) is 14.8 Å². The average molecular weight is 414 g/mol. The normalized spacial score (nSPS) is 16.3. The molecule has 1 aromatic heterocycles. The van der Waals surface area contributed by atoms with Crippen molar-refractivity contribution in [2.75, 3.05) is 19.0 Å². The average Bonchev–Trinajstić information content (AvgIpc) is 3.38. The van der Waals surface area contributed by atoms with Crippen molar-refractivity contribution < 1.29 is 13.9 Å². The van der Waals surface area contributed by atoms with Gasteiger partial charge in [-0.05, 0) is 56.2 Å². The molecule has 0 radical (unpaired) electrons. The van der Waals surface area contributed by atoms with E-state index in [1.54, 1.807) is 23.9 Å². The predicted octanol–water partition coefficient (Wildman–Crippen LogP) is 4.74. The van der Waals surface area contributed by atoms with Crippen LogP contribution in [0.2, 0.25) is 0 Å². The molecule has 4 rings (SSSR count). The highest BCUT2D eigenvalue weighted by atomic mass is 32.2. The molecule has 1 atom stereocenters. The zero-order valence-corrected chi connectivity index (χ0v) is 17.2. The van der Waals surface area contributed by atoms with Crippen LogP contribution in [-0.2, 0) is 11.3 Å². The van der Waals surface area contributed by atoms with Crippen LogP contribution in [0.3, 0.4) is 0 Å². The van der Waals surface area contributed by atoms with Crippen molar-refractivity contribution in [3.8, 4) is 17.1 Å². The van der Waals surface area contributed by atoms with Crippen LogP contribution in [0.5, 0.6) is 5.75 Å². The van der Waals surface area contributed by atoms with Crippen LogP contribution in [0.15, 0.2) is 53.7 Å². The Bertz CT molecular complexity index is 922. The molecule has 1 aliphatic rings. The van der Waals surface area contributed by atoms with Gasteiger partial charge >= 0.3 is 0 Å². The Kier molecular flexibility index (Phi) is 6.46. The topological polar surface area (TPSA) is 49.2 Å². The fraction of sp³-hybridized carbons (Fsp3) is 0.364. The van der Waals surface area contributed by atoms with Crippen LogP contribution in [-0.4, -0.2) is 39.8 Å². The van der Waals surface area contributed by atoms with E-state index in [9.17, 15) is 4.39 Å². The van der Waals surface area contributed by atoms with E-state index in [0.29, 0.717) is 13.2 Å². The van der Waals surface area contributed by atoms with Gasteiger partial charge in [-0.25, -0.2) is 4.39 Å². The number of ether oxygens (including phenoxy) is 2. The van der Waals surface area contributed by atoms with Crippen molar-refractivity contribution in [3.63, 3.8) is 0 Å². The largest absolute Gasteiger partial charge is 0.493 e. The summed E-state index contributed by atoms with van der Waals surface area (Å²) in [6.45, 7) is 4.12. The Hall–Kier alpha value is -2.38. The first-order valence-electron chi connectivity index (χ1n) is 9.82. The molecule has 1 saturated heterocycles.